The largest absolute Gasteiger partial charge is 0.325 e. The maximum absolute atomic E-state index is 12.0. The standard InChI is InChI=1S/C18H17N3O2S3/c1-12-4-6-13(7-5-12)19-16(22)10-24-11-17(23)21-18-20-14(9-26-18)15-3-2-8-25-15/h2-9H,10-11H2,1H3,(H,19,22)(H,20,21,23). The lowest BCUT2D eigenvalue weighted by Crippen LogP contribution is -2.18. The Labute approximate surface area is 163 Å². The quantitative estimate of drug-likeness (QED) is 0.610. The molecule has 2 N–H and O–H groups in total. The fraction of sp³-hybridized carbons (Fsp3) is 0.167. The number of amides is 2. The molecule has 0 aliphatic heterocycles. The second kappa shape index (κ2) is 8.98. The first kappa shape index (κ1) is 18.6. The molecule has 0 spiro atoms. The van der Waals surface area contributed by atoms with Crippen molar-refractivity contribution in [2.75, 3.05) is 22.1 Å². The van der Waals surface area contributed by atoms with E-state index >= 15 is 0 Å². The lowest BCUT2D eigenvalue weighted by atomic mass is 10.2. The van der Waals surface area contributed by atoms with Crippen LogP contribution in [0.2, 0.25) is 0 Å². The van der Waals surface area contributed by atoms with E-state index in [2.05, 4.69) is 15.6 Å². The van der Waals surface area contributed by atoms with E-state index in [-0.39, 0.29) is 23.3 Å². The molecule has 134 valence electrons. The van der Waals surface area contributed by atoms with E-state index in [9.17, 15) is 9.59 Å². The Morgan fingerprint density at radius 3 is 2.46 bits per heavy atom. The Hall–Kier alpha value is -2.16. The van der Waals surface area contributed by atoms with Crippen LogP contribution in [-0.4, -0.2) is 28.3 Å². The molecule has 0 fully saturated rings. The molecule has 1 aromatic carbocycles. The minimum absolute atomic E-state index is 0.124. The summed E-state index contributed by atoms with van der Waals surface area (Å²) in [7, 11) is 0. The van der Waals surface area contributed by atoms with Crippen LogP contribution < -0.4 is 10.6 Å². The number of aromatic nitrogens is 1. The van der Waals surface area contributed by atoms with Crippen molar-refractivity contribution in [1.82, 2.24) is 4.98 Å². The summed E-state index contributed by atoms with van der Waals surface area (Å²) in [5, 5.41) is 10.1. The number of thiazole rings is 1. The van der Waals surface area contributed by atoms with Crippen molar-refractivity contribution < 1.29 is 9.59 Å². The average Bonchev–Trinajstić information content (AvgIpc) is 3.28. The molecule has 3 rings (SSSR count). The SMILES string of the molecule is Cc1ccc(NC(=O)CSCC(=O)Nc2nc(-c3cccs3)cs2)cc1. The summed E-state index contributed by atoms with van der Waals surface area (Å²) in [5.74, 6) is 0.139. The fourth-order valence-electron chi connectivity index (χ4n) is 2.09. The van der Waals surface area contributed by atoms with Crippen LogP contribution in [0.4, 0.5) is 10.8 Å². The summed E-state index contributed by atoms with van der Waals surface area (Å²) in [6, 6.07) is 11.6. The zero-order chi connectivity index (χ0) is 18.4. The number of aryl methyl sites for hydroxylation is 1. The molecule has 3 aromatic rings. The normalized spacial score (nSPS) is 10.5. The number of hydrogen-bond acceptors (Lipinski definition) is 6. The molecule has 0 saturated heterocycles. The van der Waals surface area contributed by atoms with Gasteiger partial charge in [0.15, 0.2) is 5.13 Å². The smallest absolute Gasteiger partial charge is 0.236 e. The average molecular weight is 404 g/mol. The van der Waals surface area contributed by atoms with Crippen LogP contribution in [0.25, 0.3) is 10.6 Å². The highest BCUT2D eigenvalue weighted by Crippen LogP contribution is 2.28. The third kappa shape index (κ3) is 5.42. The number of thiophene rings is 1. The molecule has 0 aliphatic rings. The lowest BCUT2D eigenvalue weighted by molar-refractivity contribution is -0.114. The molecule has 0 bridgehead atoms. The summed E-state index contributed by atoms with van der Waals surface area (Å²) >= 11 is 4.27. The van der Waals surface area contributed by atoms with Gasteiger partial charge in [-0.25, -0.2) is 4.98 Å². The molecule has 5 nitrogen and oxygen atoms in total. The summed E-state index contributed by atoms with van der Waals surface area (Å²) in [5.41, 5.74) is 2.76. The van der Waals surface area contributed by atoms with E-state index in [1.54, 1.807) is 11.3 Å². The van der Waals surface area contributed by atoms with Gasteiger partial charge < -0.3 is 10.6 Å². The van der Waals surface area contributed by atoms with Gasteiger partial charge in [-0.05, 0) is 30.5 Å². The highest BCUT2D eigenvalue weighted by Gasteiger charge is 2.10. The van der Waals surface area contributed by atoms with Crippen molar-refractivity contribution in [1.29, 1.82) is 0 Å². The number of anilines is 2. The van der Waals surface area contributed by atoms with Crippen molar-refractivity contribution in [3.63, 3.8) is 0 Å². The minimum Gasteiger partial charge on any atom is -0.325 e. The number of carbonyl (C=O) groups is 2. The first-order valence-corrected chi connectivity index (χ1v) is 10.7. The zero-order valence-electron chi connectivity index (χ0n) is 14.0. The van der Waals surface area contributed by atoms with Gasteiger partial charge in [0.2, 0.25) is 11.8 Å². The Morgan fingerprint density at radius 2 is 1.77 bits per heavy atom. The Morgan fingerprint density at radius 1 is 1.04 bits per heavy atom. The number of nitrogens with zero attached hydrogens (tertiary/aromatic N) is 1. The molecular weight excluding hydrogens is 386 g/mol. The molecule has 0 unspecified atom stereocenters. The van der Waals surface area contributed by atoms with Crippen molar-refractivity contribution in [2.45, 2.75) is 6.92 Å². The van der Waals surface area contributed by atoms with Crippen LogP contribution in [-0.2, 0) is 9.59 Å². The Bertz CT molecular complexity index is 873. The molecule has 0 radical (unpaired) electrons. The maximum Gasteiger partial charge on any atom is 0.236 e. The highest BCUT2D eigenvalue weighted by molar-refractivity contribution is 8.00. The molecule has 2 aromatic heterocycles. The molecular formula is C18H17N3O2S3. The van der Waals surface area contributed by atoms with Gasteiger partial charge in [0, 0.05) is 11.1 Å². The van der Waals surface area contributed by atoms with Crippen LogP contribution >= 0.6 is 34.4 Å². The van der Waals surface area contributed by atoms with Gasteiger partial charge >= 0.3 is 0 Å². The van der Waals surface area contributed by atoms with Gasteiger partial charge in [-0.15, -0.1) is 34.4 Å². The summed E-state index contributed by atoms with van der Waals surface area (Å²) < 4.78 is 0. The van der Waals surface area contributed by atoms with Crippen LogP contribution in [0.5, 0.6) is 0 Å². The third-order valence-corrected chi connectivity index (χ3v) is 5.91. The van der Waals surface area contributed by atoms with Gasteiger partial charge in [0.1, 0.15) is 0 Å². The topological polar surface area (TPSA) is 71.1 Å². The Kier molecular flexibility index (Phi) is 6.43. The maximum atomic E-state index is 12.0. The van der Waals surface area contributed by atoms with Crippen molar-refractivity contribution in [2.24, 2.45) is 0 Å². The summed E-state index contributed by atoms with van der Waals surface area (Å²) in [6.45, 7) is 1.99. The third-order valence-electron chi connectivity index (χ3n) is 3.33. The second-order valence-corrected chi connectivity index (χ2v) is 8.26. The molecule has 0 atom stereocenters. The molecule has 26 heavy (non-hydrogen) atoms. The van der Waals surface area contributed by atoms with Gasteiger partial charge in [-0.3, -0.25) is 9.59 Å². The van der Waals surface area contributed by atoms with Crippen molar-refractivity contribution >= 4 is 57.1 Å². The number of thioether (sulfide) groups is 1. The lowest BCUT2D eigenvalue weighted by Gasteiger charge is -2.05. The van der Waals surface area contributed by atoms with Crippen LogP contribution in [0, 0.1) is 6.92 Å². The van der Waals surface area contributed by atoms with Gasteiger partial charge in [-0.2, -0.15) is 0 Å². The predicted molar refractivity (Wildman–Crippen MR) is 111 cm³/mol. The van der Waals surface area contributed by atoms with E-state index in [4.69, 9.17) is 0 Å². The van der Waals surface area contributed by atoms with Crippen LogP contribution in [0.15, 0.2) is 47.2 Å². The first-order valence-electron chi connectivity index (χ1n) is 7.83. The highest BCUT2D eigenvalue weighted by atomic mass is 32.2. The van der Waals surface area contributed by atoms with Gasteiger partial charge in [0.05, 0.1) is 22.1 Å². The fourth-order valence-corrected chi connectivity index (χ4v) is 4.20. The predicted octanol–water partition coefficient (Wildman–Crippen LogP) is 4.49. The number of benzene rings is 1. The number of nitrogens with one attached hydrogen (secondary N) is 2. The van der Waals surface area contributed by atoms with E-state index in [1.165, 1.54) is 23.1 Å². The van der Waals surface area contributed by atoms with E-state index in [1.807, 2.05) is 54.1 Å². The van der Waals surface area contributed by atoms with Crippen molar-refractivity contribution in [3.8, 4) is 10.6 Å². The summed E-state index contributed by atoms with van der Waals surface area (Å²) in [4.78, 5) is 29.4. The first-order chi connectivity index (χ1) is 12.6. The minimum atomic E-state index is -0.162. The number of hydrogen-bond donors (Lipinski definition) is 2. The van der Waals surface area contributed by atoms with E-state index < -0.39 is 0 Å². The molecule has 2 heterocycles. The molecule has 2 amide bonds. The van der Waals surface area contributed by atoms with E-state index in [0.717, 1.165) is 21.8 Å². The number of rotatable bonds is 7. The second-order valence-electron chi connectivity index (χ2n) is 5.47. The van der Waals surface area contributed by atoms with Gasteiger partial charge in [0.25, 0.3) is 0 Å². The molecule has 0 aliphatic carbocycles. The zero-order valence-corrected chi connectivity index (χ0v) is 16.5. The molecule has 8 heteroatoms. The Balaban J connectivity index is 1.40. The summed E-state index contributed by atoms with van der Waals surface area (Å²) in [6.07, 6.45) is 0. The van der Waals surface area contributed by atoms with Crippen LogP contribution in [0.3, 0.4) is 0 Å². The van der Waals surface area contributed by atoms with Gasteiger partial charge in [-0.1, -0.05) is 23.8 Å². The van der Waals surface area contributed by atoms with Crippen molar-refractivity contribution in [3.05, 3.63) is 52.7 Å². The molecule has 0 saturated carbocycles. The van der Waals surface area contributed by atoms with Crippen LogP contribution in [0.1, 0.15) is 5.56 Å². The van der Waals surface area contributed by atoms with E-state index in [0.29, 0.717) is 5.13 Å². The number of carbonyl (C=O) groups excluding carboxylic acids is 2. The monoisotopic (exact) mass is 403 g/mol.